The van der Waals surface area contributed by atoms with E-state index in [1.54, 1.807) is 24.3 Å². The Labute approximate surface area is 164 Å². The summed E-state index contributed by atoms with van der Waals surface area (Å²) < 4.78 is 23.5. The van der Waals surface area contributed by atoms with E-state index in [9.17, 15) is 14.0 Å². The number of methoxy groups -OCH3 is 2. The molecule has 0 bridgehead atoms. The molecular formula is C19H16FN3O4S. The van der Waals surface area contributed by atoms with E-state index in [1.165, 1.54) is 37.8 Å². The molecule has 0 saturated carbocycles. The Hall–Kier alpha value is -3.46. The average Bonchev–Trinajstić information content (AvgIpc) is 3.16. The van der Waals surface area contributed by atoms with Gasteiger partial charge in [-0.1, -0.05) is 6.07 Å². The molecule has 28 heavy (non-hydrogen) atoms. The fourth-order valence-corrected chi connectivity index (χ4v) is 2.99. The number of amides is 2. The van der Waals surface area contributed by atoms with Crippen LogP contribution in [0.5, 0.6) is 11.5 Å². The third kappa shape index (κ3) is 4.63. The molecule has 0 spiro atoms. The van der Waals surface area contributed by atoms with Crippen molar-refractivity contribution in [1.29, 1.82) is 0 Å². The number of ether oxygens (including phenoxy) is 2. The predicted molar refractivity (Wildman–Crippen MR) is 104 cm³/mol. The van der Waals surface area contributed by atoms with E-state index in [0.29, 0.717) is 22.7 Å². The van der Waals surface area contributed by atoms with Gasteiger partial charge in [0.25, 0.3) is 11.8 Å². The fourth-order valence-electron chi connectivity index (χ4n) is 2.30. The highest BCUT2D eigenvalue weighted by Crippen LogP contribution is 2.24. The summed E-state index contributed by atoms with van der Waals surface area (Å²) in [5.74, 6) is -0.454. The van der Waals surface area contributed by atoms with Gasteiger partial charge >= 0.3 is 0 Å². The summed E-state index contributed by atoms with van der Waals surface area (Å²) in [5, 5.41) is 6.92. The average molecular weight is 401 g/mol. The fraction of sp³-hybridized carbons (Fsp3) is 0.105. The molecule has 3 aromatic rings. The van der Waals surface area contributed by atoms with Crippen molar-refractivity contribution in [2.75, 3.05) is 24.9 Å². The monoisotopic (exact) mass is 401 g/mol. The number of anilines is 2. The lowest BCUT2D eigenvalue weighted by molar-refractivity contribution is 0.101. The standard InChI is InChI=1S/C19H16FN3O4S/c1-26-14-6-11(7-15(9-14)27-2)17(24)23-19-22-16(10-28-19)18(25)21-13-5-3-4-12(20)8-13/h3-10H,1-2H3,(H,21,25)(H,22,23,24). The normalized spacial score (nSPS) is 10.2. The second kappa shape index (κ2) is 8.49. The first-order valence-corrected chi connectivity index (χ1v) is 8.93. The second-order valence-corrected chi connectivity index (χ2v) is 6.42. The Balaban J connectivity index is 1.70. The van der Waals surface area contributed by atoms with Gasteiger partial charge in [-0.05, 0) is 30.3 Å². The number of carbonyl (C=O) groups is 2. The summed E-state index contributed by atoms with van der Waals surface area (Å²) in [4.78, 5) is 28.8. The predicted octanol–water partition coefficient (Wildman–Crippen LogP) is 3.80. The number of thiazole rings is 1. The molecule has 0 aliphatic heterocycles. The molecule has 0 atom stereocenters. The number of rotatable bonds is 6. The quantitative estimate of drug-likeness (QED) is 0.656. The van der Waals surface area contributed by atoms with Crippen molar-refractivity contribution in [3.63, 3.8) is 0 Å². The van der Waals surface area contributed by atoms with Gasteiger partial charge < -0.3 is 14.8 Å². The van der Waals surface area contributed by atoms with Crippen molar-refractivity contribution in [3.8, 4) is 11.5 Å². The Morgan fingerprint density at radius 1 is 1.00 bits per heavy atom. The van der Waals surface area contributed by atoms with Crippen LogP contribution in [0.4, 0.5) is 15.2 Å². The van der Waals surface area contributed by atoms with E-state index in [0.717, 1.165) is 11.3 Å². The minimum absolute atomic E-state index is 0.104. The number of nitrogens with one attached hydrogen (secondary N) is 2. The summed E-state index contributed by atoms with van der Waals surface area (Å²) in [7, 11) is 2.97. The molecule has 0 aliphatic carbocycles. The maximum absolute atomic E-state index is 13.2. The van der Waals surface area contributed by atoms with Gasteiger partial charge in [0.05, 0.1) is 14.2 Å². The van der Waals surface area contributed by atoms with Crippen LogP contribution < -0.4 is 20.1 Å². The Kier molecular flexibility index (Phi) is 5.85. The number of halogens is 1. The topological polar surface area (TPSA) is 89.6 Å². The first-order chi connectivity index (χ1) is 13.5. The molecule has 3 rings (SSSR count). The van der Waals surface area contributed by atoms with Crippen LogP contribution in [0.15, 0.2) is 47.8 Å². The lowest BCUT2D eigenvalue weighted by Gasteiger charge is -2.08. The summed E-state index contributed by atoms with van der Waals surface area (Å²) in [6, 6.07) is 10.3. The maximum atomic E-state index is 13.2. The van der Waals surface area contributed by atoms with Crippen molar-refractivity contribution >= 4 is 34.0 Å². The van der Waals surface area contributed by atoms with Crippen molar-refractivity contribution in [2.24, 2.45) is 0 Å². The number of aromatic nitrogens is 1. The lowest BCUT2D eigenvalue weighted by Crippen LogP contribution is -2.14. The Morgan fingerprint density at radius 2 is 1.71 bits per heavy atom. The largest absolute Gasteiger partial charge is 0.497 e. The highest BCUT2D eigenvalue weighted by Gasteiger charge is 2.15. The molecule has 0 saturated heterocycles. The minimum Gasteiger partial charge on any atom is -0.497 e. The highest BCUT2D eigenvalue weighted by molar-refractivity contribution is 7.14. The van der Waals surface area contributed by atoms with Crippen LogP contribution in [0.2, 0.25) is 0 Å². The Bertz CT molecular complexity index is 1000. The maximum Gasteiger partial charge on any atom is 0.275 e. The summed E-state index contributed by atoms with van der Waals surface area (Å²) >= 11 is 1.09. The third-order valence-electron chi connectivity index (χ3n) is 3.65. The van der Waals surface area contributed by atoms with E-state index in [-0.39, 0.29) is 10.8 Å². The molecule has 144 valence electrons. The molecule has 9 heteroatoms. The number of carbonyl (C=O) groups excluding carboxylic acids is 2. The summed E-state index contributed by atoms with van der Waals surface area (Å²) in [6.07, 6.45) is 0. The number of benzene rings is 2. The van der Waals surface area contributed by atoms with Gasteiger partial charge in [-0.15, -0.1) is 11.3 Å². The summed E-state index contributed by atoms with van der Waals surface area (Å²) in [6.45, 7) is 0. The van der Waals surface area contributed by atoms with Crippen LogP contribution in [-0.4, -0.2) is 31.0 Å². The van der Waals surface area contributed by atoms with Gasteiger partial charge in [0, 0.05) is 22.7 Å². The van der Waals surface area contributed by atoms with Gasteiger partial charge in [0.15, 0.2) is 5.13 Å². The molecule has 1 aromatic heterocycles. The van der Waals surface area contributed by atoms with Crippen LogP contribution in [0.3, 0.4) is 0 Å². The van der Waals surface area contributed by atoms with Gasteiger partial charge in [-0.2, -0.15) is 0 Å². The molecule has 2 N–H and O–H groups in total. The van der Waals surface area contributed by atoms with Gasteiger partial charge in [0.1, 0.15) is 23.0 Å². The van der Waals surface area contributed by atoms with Crippen LogP contribution in [0, 0.1) is 5.82 Å². The van der Waals surface area contributed by atoms with E-state index in [1.807, 2.05) is 0 Å². The minimum atomic E-state index is -0.509. The molecule has 2 aromatic carbocycles. The second-order valence-electron chi connectivity index (χ2n) is 5.56. The Morgan fingerprint density at radius 3 is 2.36 bits per heavy atom. The van der Waals surface area contributed by atoms with Gasteiger partial charge in [0.2, 0.25) is 0 Å². The first-order valence-electron chi connectivity index (χ1n) is 8.05. The van der Waals surface area contributed by atoms with Crippen molar-refractivity contribution in [2.45, 2.75) is 0 Å². The SMILES string of the molecule is COc1cc(OC)cc(C(=O)Nc2nc(C(=O)Nc3cccc(F)c3)cs2)c1. The number of hydrogen-bond acceptors (Lipinski definition) is 6. The van der Waals surface area contributed by atoms with Crippen LogP contribution in [-0.2, 0) is 0 Å². The number of hydrogen-bond donors (Lipinski definition) is 2. The smallest absolute Gasteiger partial charge is 0.275 e. The number of nitrogens with zero attached hydrogens (tertiary/aromatic N) is 1. The first kappa shape index (κ1) is 19.3. The zero-order valence-corrected chi connectivity index (χ0v) is 15.8. The molecule has 0 unspecified atom stereocenters. The molecule has 2 amide bonds. The molecular weight excluding hydrogens is 385 g/mol. The highest BCUT2D eigenvalue weighted by atomic mass is 32.1. The van der Waals surface area contributed by atoms with E-state index in [4.69, 9.17) is 9.47 Å². The van der Waals surface area contributed by atoms with Crippen molar-refractivity contribution in [3.05, 3.63) is 64.9 Å². The van der Waals surface area contributed by atoms with Crippen LogP contribution in [0.1, 0.15) is 20.8 Å². The molecule has 0 fully saturated rings. The summed E-state index contributed by atoms with van der Waals surface area (Å²) in [5.41, 5.74) is 0.733. The molecule has 0 aliphatic rings. The molecule has 7 nitrogen and oxygen atoms in total. The lowest BCUT2D eigenvalue weighted by atomic mass is 10.2. The van der Waals surface area contributed by atoms with Crippen LogP contribution >= 0.6 is 11.3 Å². The van der Waals surface area contributed by atoms with Gasteiger partial charge in [-0.25, -0.2) is 9.37 Å². The van der Waals surface area contributed by atoms with Crippen molar-refractivity contribution in [1.82, 2.24) is 4.98 Å². The zero-order valence-electron chi connectivity index (χ0n) is 15.0. The zero-order chi connectivity index (χ0) is 20.1. The molecule has 0 radical (unpaired) electrons. The van der Waals surface area contributed by atoms with E-state index >= 15 is 0 Å². The van der Waals surface area contributed by atoms with E-state index < -0.39 is 17.6 Å². The third-order valence-corrected chi connectivity index (χ3v) is 4.41. The van der Waals surface area contributed by atoms with Gasteiger partial charge in [-0.3, -0.25) is 14.9 Å². The van der Waals surface area contributed by atoms with Crippen LogP contribution in [0.25, 0.3) is 0 Å². The van der Waals surface area contributed by atoms with Crippen molar-refractivity contribution < 1.29 is 23.5 Å². The van der Waals surface area contributed by atoms with E-state index in [2.05, 4.69) is 15.6 Å². The molecule has 1 heterocycles.